The summed E-state index contributed by atoms with van der Waals surface area (Å²) in [5, 5.41) is 5.17. The molecule has 2 aromatic rings. The minimum atomic E-state index is -3.81. The first-order valence-corrected chi connectivity index (χ1v) is 17.3. The Morgan fingerprint density at radius 1 is 1.10 bits per heavy atom. The summed E-state index contributed by atoms with van der Waals surface area (Å²) in [6, 6.07) is 9.25. The highest BCUT2D eigenvalue weighted by atomic mass is 32.2. The van der Waals surface area contributed by atoms with Gasteiger partial charge in [-0.15, -0.1) is 11.3 Å². The molecule has 1 aromatic carbocycles. The number of benzene rings is 1. The minimum Gasteiger partial charge on any atom is -0.497 e. The third kappa shape index (κ3) is 8.25. The molecule has 2 atom stereocenters. The molecular formula is C31H47N3O6S2. The van der Waals surface area contributed by atoms with Gasteiger partial charge in [-0.25, -0.2) is 8.42 Å². The Morgan fingerprint density at radius 2 is 1.88 bits per heavy atom. The van der Waals surface area contributed by atoms with E-state index in [0.717, 1.165) is 19.3 Å². The summed E-state index contributed by atoms with van der Waals surface area (Å²) in [6.07, 6.45) is 8.16. The van der Waals surface area contributed by atoms with E-state index in [0.29, 0.717) is 43.1 Å². The van der Waals surface area contributed by atoms with Crippen LogP contribution in [-0.4, -0.2) is 84.2 Å². The highest BCUT2D eigenvalue weighted by Gasteiger charge is 2.36. The molecule has 11 heteroatoms. The third-order valence-electron chi connectivity index (χ3n) is 8.68. The summed E-state index contributed by atoms with van der Waals surface area (Å²) in [5.41, 5.74) is 0. The van der Waals surface area contributed by atoms with Gasteiger partial charge < -0.3 is 24.4 Å². The Morgan fingerprint density at radius 3 is 2.55 bits per heavy atom. The highest BCUT2D eigenvalue weighted by Crippen LogP contribution is 2.41. The van der Waals surface area contributed by atoms with Crippen LogP contribution in [0.15, 0.2) is 40.6 Å². The average molecular weight is 622 g/mol. The van der Waals surface area contributed by atoms with Crippen molar-refractivity contribution in [3.05, 3.63) is 40.6 Å². The monoisotopic (exact) mass is 621 g/mol. The minimum absolute atomic E-state index is 0.0751. The van der Waals surface area contributed by atoms with Gasteiger partial charge in [-0.05, 0) is 81.6 Å². The molecular weight excluding hydrogens is 574 g/mol. The summed E-state index contributed by atoms with van der Waals surface area (Å²) in [6.45, 7) is 1.14. The highest BCUT2D eigenvalue weighted by molar-refractivity contribution is 7.89. The maximum absolute atomic E-state index is 13.6. The van der Waals surface area contributed by atoms with Gasteiger partial charge in [0.25, 0.3) is 0 Å². The van der Waals surface area contributed by atoms with Crippen LogP contribution in [0.2, 0.25) is 0 Å². The van der Waals surface area contributed by atoms with E-state index in [-0.39, 0.29) is 35.8 Å². The first-order chi connectivity index (χ1) is 20.2. The fourth-order valence-electron chi connectivity index (χ4n) is 6.49. The lowest BCUT2D eigenvalue weighted by molar-refractivity contribution is -0.126. The maximum atomic E-state index is 13.6. The standard InChI is InChI=1S/C31H47N3O6S2/c1-33(2)31(28-9-7-19-41-28)24-12-10-23(11-13-24)16-17-32-30(35)22-40-21-25-8-5-6-18-34(25)42(36,37)29-15-14-26(38-3)20-27(29)39-4/h7,9,14-15,19-20,23-25,31H,5-6,8,10-13,16-18,21-22H2,1-4H3,(H,32,35). The summed E-state index contributed by atoms with van der Waals surface area (Å²) in [5.74, 6) is 1.91. The van der Waals surface area contributed by atoms with E-state index in [2.05, 4.69) is 41.8 Å². The van der Waals surface area contributed by atoms with Gasteiger partial charge in [0.05, 0.1) is 20.8 Å². The van der Waals surface area contributed by atoms with Gasteiger partial charge in [-0.3, -0.25) is 4.79 Å². The Labute approximate surface area is 255 Å². The number of carbonyl (C=O) groups excluding carboxylic acids is 1. The van der Waals surface area contributed by atoms with Gasteiger partial charge in [0.1, 0.15) is 23.0 Å². The van der Waals surface area contributed by atoms with Crippen LogP contribution in [0.5, 0.6) is 11.5 Å². The molecule has 1 amide bonds. The number of hydrogen-bond acceptors (Lipinski definition) is 8. The van der Waals surface area contributed by atoms with E-state index in [4.69, 9.17) is 14.2 Å². The number of thiophene rings is 1. The van der Waals surface area contributed by atoms with E-state index < -0.39 is 10.0 Å². The van der Waals surface area contributed by atoms with Crippen molar-refractivity contribution in [2.24, 2.45) is 11.8 Å². The van der Waals surface area contributed by atoms with Gasteiger partial charge >= 0.3 is 0 Å². The van der Waals surface area contributed by atoms with Crippen LogP contribution in [0, 0.1) is 11.8 Å². The molecule has 42 heavy (non-hydrogen) atoms. The molecule has 1 N–H and O–H groups in total. The van der Waals surface area contributed by atoms with Gasteiger partial charge in [0.2, 0.25) is 15.9 Å². The number of nitrogens with one attached hydrogen (secondary N) is 1. The van der Waals surface area contributed by atoms with E-state index in [9.17, 15) is 13.2 Å². The summed E-state index contributed by atoms with van der Waals surface area (Å²) in [4.78, 5) is 16.4. The molecule has 1 aliphatic carbocycles. The topological polar surface area (TPSA) is 97.4 Å². The molecule has 4 rings (SSSR count). The summed E-state index contributed by atoms with van der Waals surface area (Å²) >= 11 is 1.85. The lowest BCUT2D eigenvalue weighted by atomic mass is 9.76. The van der Waals surface area contributed by atoms with Crippen LogP contribution >= 0.6 is 11.3 Å². The predicted octanol–water partition coefficient (Wildman–Crippen LogP) is 4.94. The molecule has 0 radical (unpaired) electrons. The molecule has 9 nitrogen and oxygen atoms in total. The fraction of sp³-hybridized carbons (Fsp3) is 0.645. The Bertz CT molecular complexity index is 1230. The number of amides is 1. The molecule has 2 aliphatic rings. The molecule has 1 saturated carbocycles. The largest absolute Gasteiger partial charge is 0.497 e. The number of piperidine rings is 1. The molecule has 0 spiro atoms. The number of sulfonamides is 1. The van der Waals surface area contributed by atoms with Crippen molar-refractivity contribution in [1.29, 1.82) is 0 Å². The van der Waals surface area contributed by atoms with Crippen molar-refractivity contribution in [2.75, 3.05) is 54.6 Å². The molecule has 1 aromatic heterocycles. The van der Waals surface area contributed by atoms with Crippen molar-refractivity contribution >= 4 is 27.3 Å². The first-order valence-electron chi connectivity index (χ1n) is 15.0. The van der Waals surface area contributed by atoms with Crippen molar-refractivity contribution < 1.29 is 27.4 Å². The lowest BCUT2D eigenvalue weighted by Gasteiger charge is -2.37. The van der Waals surface area contributed by atoms with Crippen molar-refractivity contribution in [3.63, 3.8) is 0 Å². The summed E-state index contributed by atoms with van der Waals surface area (Å²) < 4.78 is 45.0. The maximum Gasteiger partial charge on any atom is 0.247 e. The molecule has 2 heterocycles. The first kappa shape index (κ1) is 32.7. The quantitative estimate of drug-likeness (QED) is 0.319. The molecule has 2 unspecified atom stereocenters. The van der Waals surface area contributed by atoms with E-state index in [1.54, 1.807) is 12.1 Å². The van der Waals surface area contributed by atoms with E-state index >= 15 is 0 Å². The Hall–Kier alpha value is -2.18. The Balaban J connectivity index is 1.20. The van der Waals surface area contributed by atoms with Gasteiger partial charge in [-0.2, -0.15) is 4.31 Å². The van der Waals surface area contributed by atoms with Crippen LogP contribution in [0.4, 0.5) is 0 Å². The number of ether oxygens (including phenoxy) is 3. The zero-order chi connectivity index (χ0) is 30.1. The predicted molar refractivity (Wildman–Crippen MR) is 166 cm³/mol. The Kier molecular flexibility index (Phi) is 12.1. The van der Waals surface area contributed by atoms with Crippen molar-refractivity contribution in [2.45, 2.75) is 68.3 Å². The van der Waals surface area contributed by atoms with Crippen LogP contribution in [0.3, 0.4) is 0 Å². The number of nitrogens with zero attached hydrogens (tertiary/aromatic N) is 2. The van der Waals surface area contributed by atoms with Crippen LogP contribution < -0.4 is 14.8 Å². The molecule has 234 valence electrons. The fourth-order valence-corrected chi connectivity index (χ4v) is 9.32. The second-order valence-corrected chi connectivity index (χ2v) is 14.5. The zero-order valence-corrected chi connectivity index (χ0v) is 27.1. The average Bonchev–Trinajstić information content (AvgIpc) is 3.52. The van der Waals surface area contributed by atoms with Crippen molar-refractivity contribution in [1.82, 2.24) is 14.5 Å². The van der Waals surface area contributed by atoms with E-state index in [1.165, 1.54) is 55.2 Å². The molecule has 1 saturated heterocycles. The molecule has 1 aliphatic heterocycles. The lowest BCUT2D eigenvalue weighted by Crippen LogP contribution is -2.46. The van der Waals surface area contributed by atoms with Gasteiger partial charge in [0, 0.05) is 36.1 Å². The number of carbonyl (C=O) groups is 1. The normalized spacial score (nSPS) is 22.5. The third-order valence-corrected chi connectivity index (χ3v) is 11.6. The van der Waals surface area contributed by atoms with Crippen molar-refractivity contribution in [3.8, 4) is 11.5 Å². The van der Waals surface area contributed by atoms with E-state index in [1.807, 2.05) is 11.3 Å². The molecule has 0 bridgehead atoms. The van der Waals surface area contributed by atoms with Gasteiger partial charge in [0.15, 0.2) is 0 Å². The van der Waals surface area contributed by atoms with Crippen LogP contribution in [-0.2, 0) is 19.6 Å². The zero-order valence-electron chi connectivity index (χ0n) is 25.4. The SMILES string of the molecule is COc1ccc(S(=O)(=O)N2CCCCC2COCC(=O)NCCC2CCC(C(c3cccs3)N(C)C)CC2)c(OC)c1. The second kappa shape index (κ2) is 15.5. The number of rotatable bonds is 14. The van der Waals surface area contributed by atoms with Crippen LogP contribution in [0.1, 0.15) is 62.3 Å². The summed E-state index contributed by atoms with van der Waals surface area (Å²) in [7, 11) is 3.51. The van der Waals surface area contributed by atoms with Crippen LogP contribution in [0.25, 0.3) is 0 Å². The second-order valence-electron chi connectivity index (χ2n) is 11.6. The smallest absolute Gasteiger partial charge is 0.247 e. The van der Waals surface area contributed by atoms with Gasteiger partial charge in [-0.1, -0.05) is 25.3 Å². The molecule has 2 fully saturated rings. The number of hydrogen-bond donors (Lipinski definition) is 1. The number of methoxy groups -OCH3 is 2.